The fourth-order valence-corrected chi connectivity index (χ4v) is 1.32. The first-order valence-corrected chi connectivity index (χ1v) is 5.00. The standard InChI is InChI=1S/C12H15NO3/c1-7-3-4-9(5-8(7)2)11(14)6-10(13)12(15)16/h3-5,10H,6,13H2,1-2H3,(H,15,16)/t10-/m0/s1. The van der Waals surface area contributed by atoms with E-state index in [1.807, 2.05) is 19.9 Å². The molecule has 16 heavy (non-hydrogen) atoms. The van der Waals surface area contributed by atoms with Gasteiger partial charge in [0, 0.05) is 12.0 Å². The van der Waals surface area contributed by atoms with Crippen molar-refractivity contribution in [3.63, 3.8) is 0 Å². The molecule has 1 aromatic carbocycles. The normalized spacial score (nSPS) is 12.2. The predicted molar refractivity (Wildman–Crippen MR) is 60.5 cm³/mol. The van der Waals surface area contributed by atoms with Crippen LogP contribution in [-0.2, 0) is 4.79 Å². The lowest BCUT2D eigenvalue weighted by Gasteiger charge is -2.07. The van der Waals surface area contributed by atoms with E-state index in [0.29, 0.717) is 5.56 Å². The van der Waals surface area contributed by atoms with Gasteiger partial charge in [-0.25, -0.2) is 0 Å². The first-order chi connectivity index (χ1) is 7.41. The van der Waals surface area contributed by atoms with Crippen LogP contribution in [-0.4, -0.2) is 22.9 Å². The molecule has 0 heterocycles. The van der Waals surface area contributed by atoms with E-state index in [4.69, 9.17) is 10.8 Å². The van der Waals surface area contributed by atoms with Crippen LogP contribution < -0.4 is 5.73 Å². The van der Waals surface area contributed by atoms with Gasteiger partial charge in [0.15, 0.2) is 5.78 Å². The van der Waals surface area contributed by atoms with E-state index in [0.717, 1.165) is 11.1 Å². The Morgan fingerprint density at radius 1 is 1.31 bits per heavy atom. The molecule has 0 radical (unpaired) electrons. The summed E-state index contributed by atoms with van der Waals surface area (Å²) < 4.78 is 0. The Labute approximate surface area is 94.1 Å². The molecule has 0 unspecified atom stereocenters. The van der Waals surface area contributed by atoms with Gasteiger partial charge in [0.05, 0.1) is 0 Å². The highest BCUT2D eigenvalue weighted by atomic mass is 16.4. The number of hydrogen-bond acceptors (Lipinski definition) is 3. The van der Waals surface area contributed by atoms with Crippen LogP contribution in [0.15, 0.2) is 18.2 Å². The molecule has 0 aliphatic heterocycles. The Kier molecular flexibility index (Phi) is 3.79. The molecule has 1 aromatic rings. The molecule has 1 rings (SSSR count). The van der Waals surface area contributed by atoms with Gasteiger partial charge in [-0.3, -0.25) is 9.59 Å². The molecule has 0 fully saturated rings. The highest BCUT2D eigenvalue weighted by Crippen LogP contribution is 2.12. The van der Waals surface area contributed by atoms with Crippen molar-refractivity contribution in [2.45, 2.75) is 26.3 Å². The van der Waals surface area contributed by atoms with Gasteiger partial charge >= 0.3 is 5.97 Å². The van der Waals surface area contributed by atoms with Gasteiger partial charge in [-0.1, -0.05) is 12.1 Å². The van der Waals surface area contributed by atoms with Crippen molar-refractivity contribution in [2.24, 2.45) is 5.73 Å². The van der Waals surface area contributed by atoms with Crippen molar-refractivity contribution in [1.29, 1.82) is 0 Å². The quantitative estimate of drug-likeness (QED) is 0.751. The molecule has 4 heteroatoms. The van der Waals surface area contributed by atoms with Crippen molar-refractivity contribution in [3.05, 3.63) is 34.9 Å². The molecular formula is C12H15NO3. The maximum atomic E-state index is 11.7. The zero-order chi connectivity index (χ0) is 12.3. The maximum absolute atomic E-state index is 11.7. The average Bonchev–Trinajstić information content (AvgIpc) is 2.21. The lowest BCUT2D eigenvalue weighted by Crippen LogP contribution is -2.32. The summed E-state index contributed by atoms with van der Waals surface area (Å²) in [7, 11) is 0. The molecule has 0 aromatic heterocycles. The minimum absolute atomic E-state index is 0.169. The Morgan fingerprint density at radius 2 is 1.94 bits per heavy atom. The Hall–Kier alpha value is -1.68. The summed E-state index contributed by atoms with van der Waals surface area (Å²) in [5, 5.41) is 8.60. The number of rotatable bonds is 4. The number of benzene rings is 1. The molecule has 4 nitrogen and oxygen atoms in total. The second kappa shape index (κ2) is 4.90. The molecule has 86 valence electrons. The minimum atomic E-state index is -1.16. The van der Waals surface area contributed by atoms with Crippen LogP contribution >= 0.6 is 0 Å². The molecular weight excluding hydrogens is 206 g/mol. The lowest BCUT2D eigenvalue weighted by atomic mass is 10.00. The number of hydrogen-bond donors (Lipinski definition) is 2. The molecule has 0 spiro atoms. The van der Waals surface area contributed by atoms with Crippen LogP contribution in [0, 0.1) is 13.8 Å². The number of aryl methyl sites for hydroxylation is 2. The van der Waals surface area contributed by atoms with Crippen LogP contribution in [0.2, 0.25) is 0 Å². The number of ketones is 1. The molecule has 0 saturated heterocycles. The minimum Gasteiger partial charge on any atom is -0.480 e. The second-order valence-electron chi connectivity index (χ2n) is 3.87. The molecule has 0 saturated carbocycles. The van der Waals surface area contributed by atoms with E-state index in [1.165, 1.54) is 0 Å². The molecule has 0 bridgehead atoms. The average molecular weight is 221 g/mol. The fraction of sp³-hybridized carbons (Fsp3) is 0.333. The first kappa shape index (κ1) is 12.4. The summed E-state index contributed by atoms with van der Waals surface area (Å²) >= 11 is 0. The summed E-state index contributed by atoms with van der Waals surface area (Å²) in [5.74, 6) is -1.39. The highest BCUT2D eigenvalue weighted by molar-refractivity contribution is 5.98. The number of carboxylic acids is 1. The van der Waals surface area contributed by atoms with E-state index in [1.54, 1.807) is 12.1 Å². The number of Topliss-reactive ketones (excluding diaryl/α,β-unsaturated/α-hetero) is 1. The molecule has 0 aliphatic carbocycles. The zero-order valence-corrected chi connectivity index (χ0v) is 9.36. The van der Waals surface area contributed by atoms with Gasteiger partial charge < -0.3 is 10.8 Å². The summed E-state index contributed by atoms with van der Waals surface area (Å²) in [6.07, 6.45) is -0.169. The topological polar surface area (TPSA) is 80.4 Å². The number of carboxylic acid groups (broad SMARTS) is 1. The van der Waals surface area contributed by atoms with E-state index < -0.39 is 12.0 Å². The van der Waals surface area contributed by atoms with Crippen LogP contribution in [0.3, 0.4) is 0 Å². The number of carbonyl (C=O) groups excluding carboxylic acids is 1. The zero-order valence-electron chi connectivity index (χ0n) is 9.36. The molecule has 0 aliphatic rings. The fourth-order valence-electron chi connectivity index (χ4n) is 1.32. The van der Waals surface area contributed by atoms with E-state index >= 15 is 0 Å². The van der Waals surface area contributed by atoms with E-state index in [9.17, 15) is 9.59 Å². The number of nitrogens with two attached hydrogens (primary N) is 1. The Balaban J connectivity index is 2.81. The Morgan fingerprint density at radius 3 is 2.44 bits per heavy atom. The van der Waals surface area contributed by atoms with Gasteiger partial charge in [0.25, 0.3) is 0 Å². The van der Waals surface area contributed by atoms with Crippen LogP contribution in [0.25, 0.3) is 0 Å². The van der Waals surface area contributed by atoms with Crippen molar-refractivity contribution < 1.29 is 14.7 Å². The molecule has 3 N–H and O–H groups in total. The highest BCUT2D eigenvalue weighted by Gasteiger charge is 2.17. The smallest absolute Gasteiger partial charge is 0.320 e. The number of carbonyl (C=O) groups is 2. The van der Waals surface area contributed by atoms with Crippen molar-refractivity contribution in [2.75, 3.05) is 0 Å². The first-order valence-electron chi connectivity index (χ1n) is 5.00. The van der Waals surface area contributed by atoms with Crippen LogP contribution in [0.4, 0.5) is 0 Å². The predicted octanol–water partition coefficient (Wildman–Crippen LogP) is 1.29. The van der Waals surface area contributed by atoms with Crippen LogP contribution in [0.1, 0.15) is 27.9 Å². The third-order valence-electron chi connectivity index (χ3n) is 2.55. The van der Waals surface area contributed by atoms with Crippen molar-refractivity contribution >= 4 is 11.8 Å². The van der Waals surface area contributed by atoms with Gasteiger partial charge in [0.2, 0.25) is 0 Å². The van der Waals surface area contributed by atoms with E-state index in [-0.39, 0.29) is 12.2 Å². The second-order valence-corrected chi connectivity index (χ2v) is 3.87. The molecule has 0 amide bonds. The summed E-state index contributed by atoms with van der Waals surface area (Å²) in [4.78, 5) is 22.2. The summed E-state index contributed by atoms with van der Waals surface area (Å²) in [6, 6.07) is 4.16. The Bertz CT molecular complexity index is 426. The SMILES string of the molecule is Cc1ccc(C(=O)C[C@H](N)C(=O)O)cc1C. The van der Waals surface area contributed by atoms with Gasteiger partial charge in [-0.15, -0.1) is 0 Å². The summed E-state index contributed by atoms with van der Waals surface area (Å²) in [5.41, 5.74) is 7.92. The third kappa shape index (κ3) is 2.90. The summed E-state index contributed by atoms with van der Waals surface area (Å²) in [6.45, 7) is 3.86. The largest absolute Gasteiger partial charge is 0.480 e. The molecule has 1 atom stereocenters. The van der Waals surface area contributed by atoms with Crippen molar-refractivity contribution in [3.8, 4) is 0 Å². The van der Waals surface area contributed by atoms with Gasteiger partial charge in [-0.2, -0.15) is 0 Å². The maximum Gasteiger partial charge on any atom is 0.320 e. The lowest BCUT2D eigenvalue weighted by molar-refractivity contribution is -0.138. The third-order valence-corrected chi connectivity index (χ3v) is 2.55. The monoisotopic (exact) mass is 221 g/mol. The number of aliphatic carboxylic acids is 1. The van der Waals surface area contributed by atoms with Crippen molar-refractivity contribution in [1.82, 2.24) is 0 Å². The van der Waals surface area contributed by atoms with Gasteiger partial charge in [-0.05, 0) is 31.0 Å². The van der Waals surface area contributed by atoms with Gasteiger partial charge in [0.1, 0.15) is 6.04 Å². The van der Waals surface area contributed by atoms with Crippen LogP contribution in [0.5, 0.6) is 0 Å². The van der Waals surface area contributed by atoms with E-state index in [2.05, 4.69) is 0 Å².